The summed E-state index contributed by atoms with van der Waals surface area (Å²) in [6, 6.07) is 8.40. The standard InChI is InChI=1S/C12H14O/c13-12-6-5-8-7-11(8)9-3-1-2-4-10(9)12/h1-4,8,11-13H,5-7H2/t8-,11-,12-/m1/s1. The van der Waals surface area contributed by atoms with Crippen LogP contribution in [0.2, 0.25) is 0 Å². The number of rotatable bonds is 0. The highest BCUT2D eigenvalue weighted by Crippen LogP contribution is 2.54. The zero-order valence-corrected chi connectivity index (χ0v) is 7.61. The molecule has 3 atom stereocenters. The summed E-state index contributed by atoms with van der Waals surface area (Å²) in [5, 5.41) is 9.88. The van der Waals surface area contributed by atoms with Crippen LogP contribution in [-0.4, -0.2) is 5.11 Å². The predicted molar refractivity (Wildman–Crippen MR) is 51.5 cm³/mol. The second-order valence-electron chi connectivity index (χ2n) is 4.32. The molecule has 0 spiro atoms. The van der Waals surface area contributed by atoms with Gasteiger partial charge in [0.1, 0.15) is 0 Å². The summed E-state index contributed by atoms with van der Waals surface area (Å²) in [6.07, 6.45) is 3.31. The SMILES string of the molecule is O[C@@H]1CC[C@@H]2C[C@H]2c2ccccc21. The smallest absolute Gasteiger partial charge is 0.0792 e. The summed E-state index contributed by atoms with van der Waals surface area (Å²) >= 11 is 0. The number of fused-ring (bicyclic) bond motifs is 3. The molecule has 0 amide bonds. The third kappa shape index (κ3) is 1.11. The van der Waals surface area contributed by atoms with Crippen LogP contribution in [0.3, 0.4) is 0 Å². The first-order valence-electron chi connectivity index (χ1n) is 5.13. The molecule has 13 heavy (non-hydrogen) atoms. The van der Waals surface area contributed by atoms with Crippen molar-refractivity contribution in [1.82, 2.24) is 0 Å². The summed E-state index contributed by atoms with van der Waals surface area (Å²) < 4.78 is 0. The van der Waals surface area contributed by atoms with Gasteiger partial charge in [0.25, 0.3) is 0 Å². The number of aliphatic hydroxyl groups is 1. The molecule has 1 N–H and O–H groups in total. The van der Waals surface area contributed by atoms with Crippen molar-refractivity contribution in [3.05, 3.63) is 35.4 Å². The van der Waals surface area contributed by atoms with Crippen molar-refractivity contribution in [2.24, 2.45) is 5.92 Å². The Kier molecular flexibility index (Phi) is 1.50. The van der Waals surface area contributed by atoms with Crippen molar-refractivity contribution < 1.29 is 5.11 Å². The highest BCUT2D eigenvalue weighted by molar-refractivity contribution is 5.37. The van der Waals surface area contributed by atoms with Gasteiger partial charge in [0, 0.05) is 0 Å². The Hall–Kier alpha value is -0.820. The van der Waals surface area contributed by atoms with E-state index in [2.05, 4.69) is 18.2 Å². The van der Waals surface area contributed by atoms with Crippen LogP contribution in [0.4, 0.5) is 0 Å². The summed E-state index contributed by atoms with van der Waals surface area (Å²) in [7, 11) is 0. The summed E-state index contributed by atoms with van der Waals surface area (Å²) in [5.74, 6) is 1.65. The highest BCUT2D eigenvalue weighted by atomic mass is 16.3. The lowest BCUT2D eigenvalue weighted by Crippen LogP contribution is -1.98. The zero-order valence-electron chi connectivity index (χ0n) is 7.61. The predicted octanol–water partition coefficient (Wildman–Crippen LogP) is 2.62. The number of hydrogen-bond donors (Lipinski definition) is 1. The monoisotopic (exact) mass is 174 g/mol. The van der Waals surface area contributed by atoms with E-state index in [9.17, 15) is 5.11 Å². The van der Waals surface area contributed by atoms with Crippen molar-refractivity contribution in [3.8, 4) is 0 Å². The van der Waals surface area contributed by atoms with E-state index in [0.29, 0.717) is 0 Å². The molecule has 0 aromatic heterocycles. The van der Waals surface area contributed by atoms with Crippen molar-refractivity contribution in [1.29, 1.82) is 0 Å². The van der Waals surface area contributed by atoms with Gasteiger partial charge >= 0.3 is 0 Å². The third-order valence-corrected chi connectivity index (χ3v) is 3.49. The van der Waals surface area contributed by atoms with Crippen LogP contribution in [0.15, 0.2) is 24.3 Å². The van der Waals surface area contributed by atoms with Gasteiger partial charge in [-0.25, -0.2) is 0 Å². The van der Waals surface area contributed by atoms with E-state index < -0.39 is 0 Å². The lowest BCUT2D eigenvalue weighted by atomic mass is 9.99. The summed E-state index contributed by atoms with van der Waals surface area (Å²) in [6.45, 7) is 0. The van der Waals surface area contributed by atoms with Crippen LogP contribution in [0.25, 0.3) is 0 Å². The molecule has 0 bridgehead atoms. The molecule has 3 rings (SSSR count). The maximum Gasteiger partial charge on any atom is 0.0792 e. The Morgan fingerprint density at radius 3 is 2.69 bits per heavy atom. The molecule has 0 aliphatic heterocycles. The Labute approximate surface area is 78.4 Å². The fourth-order valence-electron chi connectivity index (χ4n) is 2.63. The van der Waals surface area contributed by atoms with E-state index in [1.165, 1.54) is 24.0 Å². The topological polar surface area (TPSA) is 20.2 Å². The van der Waals surface area contributed by atoms with Crippen LogP contribution < -0.4 is 0 Å². The molecule has 0 radical (unpaired) electrons. The molecule has 1 aromatic carbocycles. The minimum absolute atomic E-state index is 0.205. The van der Waals surface area contributed by atoms with E-state index in [1.54, 1.807) is 0 Å². The van der Waals surface area contributed by atoms with Crippen molar-refractivity contribution in [2.75, 3.05) is 0 Å². The van der Waals surface area contributed by atoms with E-state index >= 15 is 0 Å². The van der Waals surface area contributed by atoms with E-state index in [1.807, 2.05) is 6.07 Å². The zero-order chi connectivity index (χ0) is 8.84. The molecule has 0 heterocycles. The van der Waals surface area contributed by atoms with E-state index in [0.717, 1.165) is 18.3 Å². The van der Waals surface area contributed by atoms with Gasteiger partial charge < -0.3 is 5.11 Å². The van der Waals surface area contributed by atoms with Gasteiger partial charge in [0.15, 0.2) is 0 Å². The number of aliphatic hydroxyl groups excluding tert-OH is 1. The van der Waals surface area contributed by atoms with Gasteiger partial charge in [-0.1, -0.05) is 24.3 Å². The van der Waals surface area contributed by atoms with Gasteiger partial charge in [0.05, 0.1) is 6.10 Å². The van der Waals surface area contributed by atoms with Crippen molar-refractivity contribution in [2.45, 2.75) is 31.3 Å². The van der Waals surface area contributed by atoms with Crippen LogP contribution >= 0.6 is 0 Å². The molecular formula is C12H14O. The van der Waals surface area contributed by atoms with Gasteiger partial charge in [-0.05, 0) is 42.2 Å². The second-order valence-corrected chi connectivity index (χ2v) is 4.32. The quantitative estimate of drug-likeness (QED) is 0.641. The lowest BCUT2D eigenvalue weighted by Gasteiger charge is -2.11. The van der Waals surface area contributed by atoms with Gasteiger partial charge in [-0.2, -0.15) is 0 Å². The van der Waals surface area contributed by atoms with E-state index in [-0.39, 0.29) is 6.10 Å². The minimum atomic E-state index is -0.205. The number of hydrogen-bond acceptors (Lipinski definition) is 1. The molecule has 1 aromatic rings. The fraction of sp³-hybridized carbons (Fsp3) is 0.500. The molecule has 68 valence electrons. The maximum atomic E-state index is 9.88. The molecule has 1 fully saturated rings. The lowest BCUT2D eigenvalue weighted by molar-refractivity contribution is 0.164. The Morgan fingerprint density at radius 2 is 1.85 bits per heavy atom. The van der Waals surface area contributed by atoms with Crippen LogP contribution in [-0.2, 0) is 0 Å². The molecule has 1 saturated carbocycles. The van der Waals surface area contributed by atoms with Crippen LogP contribution in [0, 0.1) is 5.92 Å². The van der Waals surface area contributed by atoms with Gasteiger partial charge in [0.2, 0.25) is 0 Å². The van der Waals surface area contributed by atoms with Crippen molar-refractivity contribution >= 4 is 0 Å². The third-order valence-electron chi connectivity index (χ3n) is 3.49. The summed E-state index contributed by atoms with van der Waals surface area (Å²) in [5.41, 5.74) is 2.60. The first-order chi connectivity index (χ1) is 6.36. The molecular weight excluding hydrogens is 160 g/mol. The normalized spacial score (nSPS) is 35.9. The average Bonchev–Trinajstić information content (AvgIpc) is 2.92. The molecule has 1 nitrogen and oxygen atoms in total. The molecule has 2 aliphatic carbocycles. The Balaban J connectivity index is 2.10. The summed E-state index contributed by atoms with van der Waals surface area (Å²) in [4.78, 5) is 0. The van der Waals surface area contributed by atoms with Crippen molar-refractivity contribution in [3.63, 3.8) is 0 Å². The van der Waals surface area contributed by atoms with Gasteiger partial charge in [-0.3, -0.25) is 0 Å². The first kappa shape index (κ1) is 7.57. The maximum absolute atomic E-state index is 9.88. The molecule has 1 heteroatoms. The second kappa shape index (κ2) is 2.58. The minimum Gasteiger partial charge on any atom is -0.388 e. The average molecular weight is 174 g/mol. The number of benzene rings is 1. The highest BCUT2D eigenvalue weighted by Gasteiger charge is 2.41. The first-order valence-corrected chi connectivity index (χ1v) is 5.13. The Morgan fingerprint density at radius 1 is 1.08 bits per heavy atom. The molecule has 0 saturated heterocycles. The molecule has 0 unspecified atom stereocenters. The van der Waals surface area contributed by atoms with Crippen LogP contribution in [0.5, 0.6) is 0 Å². The Bertz CT molecular complexity index is 311. The van der Waals surface area contributed by atoms with Crippen LogP contribution in [0.1, 0.15) is 42.4 Å². The molecule has 2 aliphatic rings. The largest absolute Gasteiger partial charge is 0.388 e. The fourth-order valence-corrected chi connectivity index (χ4v) is 2.63. The van der Waals surface area contributed by atoms with E-state index in [4.69, 9.17) is 0 Å². The van der Waals surface area contributed by atoms with Gasteiger partial charge in [-0.15, -0.1) is 0 Å².